The van der Waals surface area contributed by atoms with E-state index in [1.165, 1.54) is 0 Å². The second-order valence-corrected chi connectivity index (χ2v) is 9.72. The predicted molar refractivity (Wildman–Crippen MR) is 132 cm³/mol. The molecule has 0 saturated carbocycles. The molecule has 0 aliphatic carbocycles. The van der Waals surface area contributed by atoms with Crippen molar-refractivity contribution in [1.82, 2.24) is 10.2 Å². The number of carbonyl (C=O) groups excluding carboxylic acids is 2. The van der Waals surface area contributed by atoms with Crippen LogP contribution in [-0.2, 0) is 22.5 Å². The molecule has 3 rings (SSSR count). The number of aliphatic hydroxyl groups is 1. The number of likely N-dealkylation sites (tertiary alicyclic amines) is 1. The van der Waals surface area contributed by atoms with Gasteiger partial charge in [-0.15, -0.1) is 0 Å². The summed E-state index contributed by atoms with van der Waals surface area (Å²) in [4.78, 5) is 26.0. The van der Waals surface area contributed by atoms with Crippen LogP contribution in [0, 0.1) is 0 Å². The molecule has 1 aliphatic rings. The van der Waals surface area contributed by atoms with E-state index in [0.717, 1.165) is 29.7 Å². The maximum Gasteiger partial charge on any atom is 0.410 e. The van der Waals surface area contributed by atoms with E-state index in [2.05, 4.69) is 5.32 Å². The molecule has 1 fully saturated rings. The Balaban J connectivity index is 1.40. The van der Waals surface area contributed by atoms with Crippen LogP contribution in [0.25, 0.3) is 0 Å². The molecule has 1 atom stereocenters. The van der Waals surface area contributed by atoms with Gasteiger partial charge in [-0.3, -0.25) is 0 Å². The van der Waals surface area contributed by atoms with Gasteiger partial charge in [0.05, 0.1) is 12.6 Å². The van der Waals surface area contributed by atoms with Crippen molar-refractivity contribution in [3.8, 4) is 5.75 Å². The second-order valence-electron chi connectivity index (χ2n) is 9.72. The zero-order chi connectivity index (χ0) is 25.3. The number of ether oxygens (including phenoxy) is 3. The van der Waals surface area contributed by atoms with Crippen molar-refractivity contribution < 1.29 is 28.9 Å². The largest absolute Gasteiger partial charge is 0.490 e. The van der Waals surface area contributed by atoms with E-state index in [9.17, 15) is 14.7 Å². The highest BCUT2D eigenvalue weighted by atomic mass is 16.6. The summed E-state index contributed by atoms with van der Waals surface area (Å²) in [5.41, 5.74) is 1.33. The Morgan fingerprint density at radius 2 is 1.69 bits per heavy atom. The quantitative estimate of drug-likeness (QED) is 0.580. The summed E-state index contributed by atoms with van der Waals surface area (Å²) in [6, 6.07) is 16.8. The van der Waals surface area contributed by atoms with E-state index in [0.29, 0.717) is 19.5 Å². The third kappa shape index (κ3) is 9.13. The van der Waals surface area contributed by atoms with Crippen LogP contribution >= 0.6 is 0 Å². The number of alkyl carbamates (subject to hydrolysis) is 1. The van der Waals surface area contributed by atoms with Gasteiger partial charge in [-0.25, -0.2) is 9.59 Å². The Bertz CT molecular complexity index is 934. The van der Waals surface area contributed by atoms with Gasteiger partial charge in [0.1, 0.15) is 24.1 Å². The van der Waals surface area contributed by atoms with Crippen molar-refractivity contribution in [2.24, 2.45) is 0 Å². The Morgan fingerprint density at radius 3 is 2.29 bits per heavy atom. The zero-order valence-electron chi connectivity index (χ0n) is 20.7. The van der Waals surface area contributed by atoms with Crippen molar-refractivity contribution in [1.29, 1.82) is 0 Å². The van der Waals surface area contributed by atoms with Crippen molar-refractivity contribution in [2.45, 2.75) is 64.4 Å². The van der Waals surface area contributed by atoms with Gasteiger partial charge in [0.15, 0.2) is 0 Å². The smallest absolute Gasteiger partial charge is 0.410 e. The third-order valence-corrected chi connectivity index (χ3v) is 5.55. The number of aliphatic hydroxyl groups excluding tert-OH is 1. The molecular weight excluding hydrogens is 448 g/mol. The molecule has 0 unspecified atom stereocenters. The average Bonchev–Trinajstić information content (AvgIpc) is 2.83. The van der Waals surface area contributed by atoms with Gasteiger partial charge in [0.2, 0.25) is 0 Å². The molecule has 1 heterocycles. The van der Waals surface area contributed by atoms with Crippen molar-refractivity contribution in [3.05, 3.63) is 65.7 Å². The molecule has 0 bridgehead atoms. The Labute approximate surface area is 207 Å². The van der Waals surface area contributed by atoms with Gasteiger partial charge in [0.25, 0.3) is 0 Å². The van der Waals surface area contributed by atoms with Crippen LogP contribution in [0.15, 0.2) is 54.6 Å². The fraction of sp³-hybridized carbons (Fsp3) is 0.481. The van der Waals surface area contributed by atoms with E-state index >= 15 is 0 Å². The number of nitrogens with zero attached hydrogens (tertiary/aromatic N) is 1. The lowest BCUT2D eigenvalue weighted by Gasteiger charge is -2.31. The molecule has 8 nitrogen and oxygen atoms in total. The normalized spacial score (nSPS) is 15.3. The van der Waals surface area contributed by atoms with Gasteiger partial charge in [0, 0.05) is 25.9 Å². The van der Waals surface area contributed by atoms with Crippen LogP contribution < -0.4 is 10.1 Å². The van der Waals surface area contributed by atoms with Gasteiger partial charge >= 0.3 is 12.2 Å². The minimum atomic E-state index is -0.596. The maximum absolute atomic E-state index is 12.3. The molecule has 2 aromatic rings. The summed E-state index contributed by atoms with van der Waals surface area (Å²) in [7, 11) is 0. The van der Waals surface area contributed by atoms with Gasteiger partial charge in [-0.2, -0.15) is 0 Å². The summed E-state index contributed by atoms with van der Waals surface area (Å²) in [5.74, 6) is 0.750. The summed E-state index contributed by atoms with van der Waals surface area (Å²) in [5, 5.41) is 12.3. The van der Waals surface area contributed by atoms with E-state index in [-0.39, 0.29) is 25.4 Å². The second kappa shape index (κ2) is 12.4. The molecule has 0 radical (unpaired) electrons. The van der Waals surface area contributed by atoms with Crippen LogP contribution in [0.4, 0.5) is 9.59 Å². The fourth-order valence-electron chi connectivity index (χ4n) is 3.78. The van der Waals surface area contributed by atoms with Crippen LogP contribution in [-0.4, -0.2) is 59.6 Å². The monoisotopic (exact) mass is 484 g/mol. The van der Waals surface area contributed by atoms with Crippen LogP contribution in [0.1, 0.15) is 44.7 Å². The number of amides is 2. The predicted octanol–water partition coefficient (Wildman–Crippen LogP) is 4.29. The molecule has 1 saturated heterocycles. The summed E-state index contributed by atoms with van der Waals surface area (Å²) < 4.78 is 16.8. The first-order chi connectivity index (χ1) is 16.7. The highest BCUT2D eigenvalue weighted by Crippen LogP contribution is 2.21. The van der Waals surface area contributed by atoms with E-state index in [1.54, 1.807) is 25.7 Å². The number of nitrogens with one attached hydrogen (secondary N) is 1. The topological polar surface area (TPSA) is 97.3 Å². The van der Waals surface area contributed by atoms with E-state index in [1.807, 2.05) is 54.6 Å². The highest BCUT2D eigenvalue weighted by Gasteiger charge is 2.25. The summed E-state index contributed by atoms with van der Waals surface area (Å²) in [6.07, 6.45) is 1.11. The van der Waals surface area contributed by atoms with Crippen molar-refractivity contribution in [2.75, 3.05) is 19.7 Å². The number of carbonyl (C=O) groups is 2. The first-order valence-corrected chi connectivity index (χ1v) is 12.0. The van der Waals surface area contributed by atoms with E-state index < -0.39 is 17.7 Å². The van der Waals surface area contributed by atoms with Crippen LogP contribution in [0.5, 0.6) is 5.75 Å². The number of piperidine rings is 1. The zero-order valence-corrected chi connectivity index (χ0v) is 20.7. The maximum atomic E-state index is 12.3. The molecule has 190 valence electrons. The standard InChI is InChI=1S/C27H36N2O6/c1-27(2,3)35-25(31)28-22(18-30)17-20-9-11-23(12-10-20)34-24-13-15-29(16-14-24)26(32)33-19-21-7-5-4-6-8-21/h4-12,22,24,30H,13-19H2,1-3H3,(H,28,31)/t22-/m0/s1. The number of rotatable bonds is 8. The van der Waals surface area contributed by atoms with Gasteiger partial charge < -0.3 is 29.5 Å². The van der Waals surface area contributed by atoms with Crippen molar-refractivity contribution >= 4 is 12.2 Å². The lowest BCUT2D eigenvalue weighted by Crippen LogP contribution is -2.42. The number of hydrogen-bond acceptors (Lipinski definition) is 6. The van der Waals surface area contributed by atoms with Gasteiger partial charge in [-0.1, -0.05) is 42.5 Å². The fourth-order valence-corrected chi connectivity index (χ4v) is 3.78. The minimum absolute atomic E-state index is 0.0260. The molecule has 2 N–H and O–H groups in total. The first-order valence-electron chi connectivity index (χ1n) is 12.0. The molecular formula is C27H36N2O6. The molecule has 2 amide bonds. The lowest BCUT2D eigenvalue weighted by atomic mass is 10.1. The van der Waals surface area contributed by atoms with E-state index in [4.69, 9.17) is 14.2 Å². The Kier molecular flexibility index (Phi) is 9.37. The molecule has 0 spiro atoms. The number of hydrogen-bond donors (Lipinski definition) is 2. The van der Waals surface area contributed by atoms with Gasteiger partial charge in [-0.05, 0) is 50.5 Å². The SMILES string of the molecule is CC(C)(C)OC(=O)N[C@H](CO)Cc1ccc(OC2CCN(C(=O)OCc3ccccc3)CC2)cc1. The molecule has 35 heavy (non-hydrogen) atoms. The average molecular weight is 485 g/mol. The Hall–Kier alpha value is -3.26. The molecule has 8 heteroatoms. The molecule has 1 aliphatic heterocycles. The molecule has 0 aromatic heterocycles. The molecule has 2 aromatic carbocycles. The minimum Gasteiger partial charge on any atom is -0.490 e. The van der Waals surface area contributed by atoms with Crippen LogP contribution in [0.3, 0.4) is 0 Å². The first kappa shape index (κ1) is 26.3. The van der Waals surface area contributed by atoms with Crippen molar-refractivity contribution in [3.63, 3.8) is 0 Å². The third-order valence-electron chi connectivity index (χ3n) is 5.55. The number of benzene rings is 2. The summed E-state index contributed by atoms with van der Waals surface area (Å²) in [6.45, 7) is 6.63. The highest BCUT2D eigenvalue weighted by molar-refractivity contribution is 5.68. The lowest BCUT2D eigenvalue weighted by molar-refractivity contribution is 0.0482. The Morgan fingerprint density at radius 1 is 1.03 bits per heavy atom. The summed E-state index contributed by atoms with van der Waals surface area (Å²) >= 11 is 0. The van der Waals surface area contributed by atoms with Crippen LogP contribution in [0.2, 0.25) is 0 Å².